The minimum absolute atomic E-state index is 0.424. The molecular weight excluding hydrogens is 198 g/mol. The van der Waals surface area contributed by atoms with Crippen molar-refractivity contribution < 1.29 is 0 Å². The van der Waals surface area contributed by atoms with Crippen LogP contribution in [0.15, 0.2) is 6.07 Å². The van der Waals surface area contributed by atoms with Gasteiger partial charge in [-0.15, -0.1) is 0 Å². The van der Waals surface area contributed by atoms with E-state index in [9.17, 15) is 0 Å². The predicted octanol–water partition coefficient (Wildman–Crippen LogP) is 3.23. The first kappa shape index (κ1) is 11.4. The summed E-state index contributed by atoms with van der Waals surface area (Å²) in [7, 11) is 0. The standard InChI is InChI=1S/C13H21N3/c1-9(2)11-8-12(14)16-13(15-11)10-6-4-3-5-7-10/h8-10H,3-7H2,1-2H3,(H2,14,15,16). The van der Waals surface area contributed by atoms with Crippen molar-refractivity contribution in [2.45, 2.75) is 57.8 Å². The number of aromatic nitrogens is 2. The van der Waals surface area contributed by atoms with E-state index in [2.05, 4.69) is 23.8 Å². The number of anilines is 1. The normalized spacial score (nSPS) is 17.9. The summed E-state index contributed by atoms with van der Waals surface area (Å²) in [6, 6.07) is 1.90. The van der Waals surface area contributed by atoms with Crippen LogP contribution in [0.5, 0.6) is 0 Å². The molecule has 1 aromatic rings. The Kier molecular flexibility index (Phi) is 3.42. The van der Waals surface area contributed by atoms with Crippen LogP contribution in [0.3, 0.4) is 0 Å². The molecule has 1 aromatic heterocycles. The van der Waals surface area contributed by atoms with Gasteiger partial charge in [0.2, 0.25) is 0 Å². The molecule has 88 valence electrons. The molecule has 1 fully saturated rings. The van der Waals surface area contributed by atoms with Crippen LogP contribution >= 0.6 is 0 Å². The fourth-order valence-electron chi connectivity index (χ4n) is 2.34. The molecule has 2 N–H and O–H groups in total. The molecule has 0 atom stereocenters. The fourth-order valence-corrected chi connectivity index (χ4v) is 2.34. The van der Waals surface area contributed by atoms with E-state index in [0.717, 1.165) is 11.5 Å². The molecule has 0 unspecified atom stereocenters. The van der Waals surface area contributed by atoms with E-state index in [-0.39, 0.29) is 0 Å². The molecule has 0 radical (unpaired) electrons. The lowest BCUT2D eigenvalue weighted by atomic mass is 9.88. The first-order valence-electron chi connectivity index (χ1n) is 6.31. The lowest BCUT2D eigenvalue weighted by molar-refractivity contribution is 0.427. The number of hydrogen-bond acceptors (Lipinski definition) is 3. The average Bonchev–Trinajstić information content (AvgIpc) is 2.29. The molecule has 0 aromatic carbocycles. The third kappa shape index (κ3) is 2.52. The van der Waals surface area contributed by atoms with Crippen LogP contribution in [0.1, 0.15) is 69.3 Å². The van der Waals surface area contributed by atoms with Crippen LogP contribution in [0.4, 0.5) is 5.82 Å². The van der Waals surface area contributed by atoms with Gasteiger partial charge in [0.15, 0.2) is 0 Å². The first-order chi connectivity index (χ1) is 7.66. The van der Waals surface area contributed by atoms with Crippen molar-refractivity contribution in [2.75, 3.05) is 5.73 Å². The average molecular weight is 219 g/mol. The molecule has 1 aliphatic rings. The third-order valence-electron chi connectivity index (χ3n) is 3.34. The topological polar surface area (TPSA) is 51.8 Å². The van der Waals surface area contributed by atoms with E-state index in [1.807, 2.05) is 6.07 Å². The molecular formula is C13H21N3. The van der Waals surface area contributed by atoms with Crippen LogP contribution in [-0.4, -0.2) is 9.97 Å². The van der Waals surface area contributed by atoms with Crippen LogP contribution in [0.25, 0.3) is 0 Å². The molecule has 1 heterocycles. The van der Waals surface area contributed by atoms with Crippen molar-refractivity contribution in [1.82, 2.24) is 9.97 Å². The lowest BCUT2D eigenvalue weighted by Crippen LogP contribution is -2.12. The summed E-state index contributed by atoms with van der Waals surface area (Å²) in [5.74, 6) is 2.56. The number of rotatable bonds is 2. The Hall–Kier alpha value is -1.12. The minimum Gasteiger partial charge on any atom is -0.384 e. The molecule has 0 bridgehead atoms. The zero-order valence-corrected chi connectivity index (χ0v) is 10.2. The Morgan fingerprint density at radius 1 is 1.19 bits per heavy atom. The lowest BCUT2D eigenvalue weighted by Gasteiger charge is -2.21. The Morgan fingerprint density at radius 2 is 1.88 bits per heavy atom. The summed E-state index contributed by atoms with van der Waals surface area (Å²) < 4.78 is 0. The second kappa shape index (κ2) is 4.81. The second-order valence-electron chi connectivity index (χ2n) is 5.07. The van der Waals surface area contributed by atoms with Gasteiger partial charge < -0.3 is 5.73 Å². The van der Waals surface area contributed by atoms with Crippen molar-refractivity contribution in [3.8, 4) is 0 Å². The maximum Gasteiger partial charge on any atom is 0.134 e. The molecule has 16 heavy (non-hydrogen) atoms. The van der Waals surface area contributed by atoms with Gasteiger partial charge in [-0.25, -0.2) is 9.97 Å². The molecule has 3 nitrogen and oxygen atoms in total. The Bertz CT molecular complexity index is 354. The molecule has 2 rings (SSSR count). The summed E-state index contributed by atoms with van der Waals surface area (Å²) >= 11 is 0. The maximum absolute atomic E-state index is 5.85. The molecule has 3 heteroatoms. The van der Waals surface area contributed by atoms with Crippen LogP contribution in [0, 0.1) is 0 Å². The molecule has 0 spiro atoms. The Labute approximate surface area is 97.5 Å². The van der Waals surface area contributed by atoms with Gasteiger partial charge in [0.05, 0.1) is 0 Å². The number of hydrogen-bond donors (Lipinski definition) is 1. The highest BCUT2D eigenvalue weighted by molar-refractivity contribution is 5.31. The number of nitrogen functional groups attached to an aromatic ring is 1. The molecule has 1 saturated carbocycles. The van der Waals surface area contributed by atoms with Gasteiger partial charge >= 0.3 is 0 Å². The van der Waals surface area contributed by atoms with Crippen LogP contribution in [-0.2, 0) is 0 Å². The van der Waals surface area contributed by atoms with Crippen molar-refractivity contribution >= 4 is 5.82 Å². The first-order valence-corrected chi connectivity index (χ1v) is 6.31. The summed E-state index contributed by atoms with van der Waals surface area (Å²) in [5, 5.41) is 0. The van der Waals surface area contributed by atoms with Crippen molar-refractivity contribution in [1.29, 1.82) is 0 Å². The molecule has 0 aliphatic heterocycles. The second-order valence-corrected chi connectivity index (χ2v) is 5.07. The molecule has 0 amide bonds. The zero-order chi connectivity index (χ0) is 11.5. The van der Waals surface area contributed by atoms with Gasteiger partial charge in [-0.1, -0.05) is 33.1 Å². The van der Waals surface area contributed by atoms with Gasteiger partial charge in [-0.05, 0) is 18.8 Å². The zero-order valence-electron chi connectivity index (χ0n) is 10.2. The predicted molar refractivity (Wildman–Crippen MR) is 66.4 cm³/mol. The Morgan fingerprint density at radius 3 is 2.50 bits per heavy atom. The summed E-state index contributed by atoms with van der Waals surface area (Å²) in [6.45, 7) is 4.29. The van der Waals surface area contributed by atoms with E-state index < -0.39 is 0 Å². The minimum atomic E-state index is 0.424. The van der Waals surface area contributed by atoms with Gasteiger partial charge in [-0.2, -0.15) is 0 Å². The molecule has 1 aliphatic carbocycles. The van der Waals surface area contributed by atoms with E-state index in [4.69, 9.17) is 5.73 Å². The van der Waals surface area contributed by atoms with E-state index in [1.165, 1.54) is 32.1 Å². The Balaban J connectivity index is 2.25. The highest BCUT2D eigenvalue weighted by Crippen LogP contribution is 2.31. The SMILES string of the molecule is CC(C)c1cc(N)nc(C2CCCCC2)n1. The van der Waals surface area contributed by atoms with Gasteiger partial charge in [0.1, 0.15) is 11.6 Å². The fraction of sp³-hybridized carbons (Fsp3) is 0.692. The number of nitrogens with zero attached hydrogens (tertiary/aromatic N) is 2. The van der Waals surface area contributed by atoms with Crippen molar-refractivity contribution in [3.05, 3.63) is 17.6 Å². The summed E-state index contributed by atoms with van der Waals surface area (Å²) in [6.07, 6.45) is 6.41. The highest BCUT2D eigenvalue weighted by atomic mass is 15.0. The van der Waals surface area contributed by atoms with Crippen molar-refractivity contribution in [3.63, 3.8) is 0 Å². The third-order valence-corrected chi connectivity index (χ3v) is 3.34. The van der Waals surface area contributed by atoms with Gasteiger partial charge in [0, 0.05) is 17.7 Å². The quantitative estimate of drug-likeness (QED) is 0.830. The van der Waals surface area contributed by atoms with Gasteiger partial charge in [0.25, 0.3) is 0 Å². The maximum atomic E-state index is 5.85. The summed E-state index contributed by atoms with van der Waals surface area (Å²) in [4.78, 5) is 9.07. The van der Waals surface area contributed by atoms with E-state index in [0.29, 0.717) is 17.7 Å². The van der Waals surface area contributed by atoms with E-state index in [1.54, 1.807) is 0 Å². The number of nitrogens with two attached hydrogens (primary N) is 1. The molecule has 0 saturated heterocycles. The van der Waals surface area contributed by atoms with E-state index >= 15 is 0 Å². The highest BCUT2D eigenvalue weighted by Gasteiger charge is 2.19. The van der Waals surface area contributed by atoms with Crippen LogP contribution < -0.4 is 5.73 Å². The van der Waals surface area contributed by atoms with Crippen molar-refractivity contribution in [2.24, 2.45) is 0 Å². The largest absolute Gasteiger partial charge is 0.384 e. The summed E-state index contributed by atoms with van der Waals surface area (Å²) in [5.41, 5.74) is 6.93. The van der Waals surface area contributed by atoms with Crippen LogP contribution in [0.2, 0.25) is 0 Å². The van der Waals surface area contributed by atoms with Gasteiger partial charge in [-0.3, -0.25) is 0 Å². The monoisotopic (exact) mass is 219 g/mol. The smallest absolute Gasteiger partial charge is 0.134 e.